The third-order valence-electron chi connectivity index (χ3n) is 1.91. The Hall–Kier alpha value is -0.480. The molecule has 0 amide bonds. The summed E-state index contributed by atoms with van der Waals surface area (Å²) in [6, 6.07) is 0. The zero-order valence-electron chi connectivity index (χ0n) is 7.26. The Balaban J connectivity index is 1.93. The first kappa shape index (κ1) is 8.13. The van der Waals surface area contributed by atoms with Crippen molar-refractivity contribution in [3.05, 3.63) is 11.4 Å². The van der Waals surface area contributed by atoms with Gasteiger partial charge in [-0.1, -0.05) is 11.8 Å². The SMILES string of the molecule is Cc1nc(SCC2CO2)[nH]c1C. The van der Waals surface area contributed by atoms with E-state index >= 15 is 0 Å². The highest BCUT2D eigenvalue weighted by atomic mass is 32.2. The van der Waals surface area contributed by atoms with E-state index in [4.69, 9.17) is 4.74 Å². The minimum absolute atomic E-state index is 0.473. The number of hydrogen-bond donors (Lipinski definition) is 1. The van der Waals surface area contributed by atoms with Gasteiger partial charge in [0.25, 0.3) is 0 Å². The summed E-state index contributed by atoms with van der Waals surface area (Å²) in [6.45, 7) is 4.98. The lowest BCUT2D eigenvalue weighted by Crippen LogP contribution is -1.89. The maximum Gasteiger partial charge on any atom is 0.165 e. The molecule has 0 aromatic carbocycles. The number of epoxide rings is 1. The van der Waals surface area contributed by atoms with Gasteiger partial charge in [0.05, 0.1) is 18.4 Å². The number of nitrogens with zero attached hydrogens (tertiary/aromatic N) is 1. The van der Waals surface area contributed by atoms with E-state index in [1.165, 1.54) is 0 Å². The van der Waals surface area contributed by atoms with Crippen LogP contribution in [0, 0.1) is 13.8 Å². The molecule has 1 N–H and O–H groups in total. The van der Waals surface area contributed by atoms with Gasteiger partial charge < -0.3 is 9.72 Å². The molecule has 1 fully saturated rings. The van der Waals surface area contributed by atoms with Crippen LogP contribution in [-0.2, 0) is 4.74 Å². The third kappa shape index (κ3) is 1.81. The summed E-state index contributed by atoms with van der Waals surface area (Å²) in [5, 5.41) is 1.01. The second kappa shape index (κ2) is 3.11. The smallest absolute Gasteiger partial charge is 0.165 e. The van der Waals surface area contributed by atoms with E-state index in [1.807, 2.05) is 13.8 Å². The number of imidazole rings is 1. The van der Waals surface area contributed by atoms with Crippen molar-refractivity contribution in [3.63, 3.8) is 0 Å². The minimum Gasteiger partial charge on any atom is -0.372 e. The van der Waals surface area contributed by atoms with Gasteiger partial charge in [0, 0.05) is 11.4 Å². The molecule has 0 saturated carbocycles. The van der Waals surface area contributed by atoms with Crippen LogP contribution < -0.4 is 0 Å². The van der Waals surface area contributed by atoms with Crippen LogP contribution >= 0.6 is 11.8 Å². The zero-order chi connectivity index (χ0) is 8.55. The number of aryl methyl sites for hydroxylation is 2. The van der Waals surface area contributed by atoms with Crippen LogP contribution in [0.3, 0.4) is 0 Å². The Kier molecular flexibility index (Phi) is 2.11. The number of H-pyrrole nitrogens is 1. The first-order valence-corrected chi connectivity index (χ1v) is 5.02. The first-order chi connectivity index (χ1) is 5.75. The van der Waals surface area contributed by atoms with Crippen LogP contribution in [-0.4, -0.2) is 28.4 Å². The van der Waals surface area contributed by atoms with Crippen LogP contribution in [0.5, 0.6) is 0 Å². The minimum atomic E-state index is 0.473. The molecule has 0 spiro atoms. The van der Waals surface area contributed by atoms with Gasteiger partial charge in [-0.3, -0.25) is 0 Å². The van der Waals surface area contributed by atoms with Gasteiger partial charge in [0.1, 0.15) is 0 Å². The summed E-state index contributed by atoms with van der Waals surface area (Å²) >= 11 is 1.73. The second-order valence-electron chi connectivity index (χ2n) is 3.02. The predicted octanol–water partition coefficient (Wildman–Crippen LogP) is 1.52. The van der Waals surface area contributed by atoms with Gasteiger partial charge in [-0.05, 0) is 13.8 Å². The number of nitrogens with one attached hydrogen (secondary N) is 1. The molecule has 1 unspecified atom stereocenters. The summed E-state index contributed by atoms with van der Waals surface area (Å²) in [5.74, 6) is 1.02. The second-order valence-corrected chi connectivity index (χ2v) is 4.03. The van der Waals surface area contributed by atoms with Crippen LogP contribution in [0.1, 0.15) is 11.4 Å². The fourth-order valence-corrected chi connectivity index (χ4v) is 1.88. The summed E-state index contributed by atoms with van der Waals surface area (Å²) in [4.78, 5) is 7.59. The molecule has 66 valence electrons. The predicted molar refractivity (Wildman–Crippen MR) is 48.5 cm³/mol. The largest absolute Gasteiger partial charge is 0.372 e. The molecular weight excluding hydrogens is 172 g/mol. The molecule has 1 atom stereocenters. The van der Waals surface area contributed by atoms with Crippen molar-refractivity contribution < 1.29 is 4.74 Å². The van der Waals surface area contributed by atoms with Crippen LogP contribution in [0.15, 0.2) is 5.16 Å². The molecular formula is C8H12N2OS. The normalized spacial score (nSPS) is 21.3. The molecule has 1 aliphatic heterocycles. The molecule has 1 aromatic rings. The van der Waals surface area contributed by atoms with Crippen molar-refractivity contribution in [2.24, 2.45) is 0 Å². The Bertz CT molecular complexity index is 261. The maximum atomic E-state index is 5.10. The average molecular weight is 184 g/mol. The Morgan fingerprint density at radius 1 is 1.67 bits per heavy atom. The first-order valence-electron chi connectivity index (χ1n) is 4.03. The van der Waals surface area contributed by atoms with E-state index in [9.17, 15) is 0 Å². The van der Waals surface area contributed by atoms with Gasteiger partial charge in [0.2, 0.25) is 0 Å². The Labute approximate surface area is 75.9 Å². The van der Waals surface area contributed by atoms with E-state index < -0.39 is 0 Å². The monoisotopic (exact) mass is 184 g/mol. The highest BCUT2D eigenvalue weighted by Gasteiger charge is 2.22. The van der Waals surface area contributed by atoms with Crippen molar-refractivity contribution in [1.82, 2.24) is 9.97 Å². The molecule has 1 aliphatic rings. The molecule has 0 aliphatic carbocycles. The Morgan fingerprint density at radius 3 is 2.92 bits per heavy atom. The van der Waals surface area contributed by atoms with Crippen molar-refractivity contribution in [3.8, 4) is 0 Å². The number of rotatable bonds is 3. The van der Waals surface area contributed by atoms with Gasteiger partial charge in [-0.15, -0.1) is 0 Å². The zero-order valence-corrected chi connectivity index (χ0v) is 8.07. The summed E-state index contributed by atoms with van der Waals surface area (Å²) in [7, 11) is 0. The van der Waals surface area contributed by atoms with Gasteiger partial charge in [-0.2, -0.15) is 0 Å². The Morgan fingerprint density at radius 2 is 2.42 bits per heavy atom. The quantitative estimate of drug-likeness (QED) is 0.572. The number of aromatic nitrogens is 2. The van der Waals surface area contributed by atoms with Crippen LogP contribution in [0.2, 0.25) is 0 Å². The van der Waals surface area contributed by atoms with Gasteiger partial charge in [0.15, 0.2) is 5.16 Å². The summed E-state index contributed by atoms with van der Waals surface area (Å²) < 4.78 is 5.10. The molecule has 0 radical (unpaired) electrons. The molecule has 2 rings (SSSR count). The molecule has 1 saturated heterocycles. The molecule has 3 nitrogen and oxygen atoms in total. The van der Waals surface area contributed by atoms with E-state index in [1.54, 1.807) is 11.8 Å². The van der Waals surface area contributed by atoms with Crippen molar-refractivity contribution >= 4 is 11.8 Å². The maximum absolute atomic E-state index is 5.10. The lowest BCUT2D eigenvalue weighted by molar-refractivity contribution is 0.426. The molecule has 4 heteroatoms. The highest BCUT2D eigenvalue weighted by molar-refractivity contribution is 7.99. The number of hydrogen-bond acceptors (Lipinski definition) is 3. The van der Waals surface area contributed by atoms with E-state index in [0.29, 0.717) is 6.10 Å². The van der Waals surface area contributed by atoms with E-state index in [0.717, 1.165) is 28.9 Å². The number of ether oxygens (including phenoxy) is 1. The van der Waals surface area contributed by atoms with Crippen molar-refractivity contribution in [2.45, 2.75) is 25.1 Å². The number of aromatic amines is 1. The van der Waals surface area contributed by atoms with Crippen LogP contribution in [0.4, 0.5) is 0 Å². The summed E-state index contributed by atoms with van der Waals surface area (Å²) in [6.07, 6.45) is 0.473. The van der Waals surface area contributed by atoms with Gasteiger partial charge >= 0.3 is 0 Å². The van der Waals surface area contributed by atoms with Crippen LogP contribution in [0.25, 0.3) is 0 Å². The highest BCUT2D eigenvalue weighted by Crippen LogP contribution is 2.22. The van der Waals surface area contributed by atoms with E-state index in [-0.39, 0.29) is 0 Å². The lowest BCUT2D eigenvalue weighted by Gasteiger charge is -1.91. The fourth-order valence-electron chi connectivity index (χ4n) is 0.919. The molecule has 12 heavy (non-hydrogen) atoms. The van der Waals surface area contributed by atoms with Gasteiger partial charge in [-0.25, -0.2) is 4.98 Å². The molecule has 1 aromatic heterocycles. The topological polar surface area (TPSA) is 41.2 Å². The van der Waals surface area contributed by atoms with Crippen molar-refractivity contribution in [1.29, 1.82) is 0 Å². The average Bonchev–Trinajstić information content (AvgIpc) is 2.78. The number of thioether (sulfide) groups is 1. The third-order valence-corrected chi connectivity index (χ3v) is 2.92. The fraction of sp³-hybridized carbons (Fsp3) is 0.625. The lowest BCUT2D eigenvalue weighted by atomic mass is 10.4. The van der Waals surface area contributed by atoms with E-state index in [2.05, 4.69) is 9.97 Å². The molecule has 0 bridgehead atoms. The molecule has 2 heterocycles. The summed E-state index contributed by atoms with van der Waals surface area (Å²) in [5.41, 5.74) is 2.25. The van der Waals surface area contributed by atoms with Crippen molar-refractivity contribution in [2.75, 3.05) is 12.4 Å². The standard InChI is InChI=1S/C8H12N2OS/c1-5-6(2)10-8(9-5)12-4-7-3-11-7/h7H,3-4H2,1-2H3,(H,9,10).